The molecule has 0 bridgehead atoms. The van der Waals surface area contributed by atoms with E-state index < -0.39 is 0 Å². The summed E-state index contributed by atoms with van der Waals surface area (Å²) in [6.07, 6.45) is 2.30. The molecule has 2 N–H and O–H groups in total. The van der Waals surface area contributed by atoms with Crippen molar-refractivity contribution in [1.82, 2.24) is 4.98 Å². The van der Waals surface area contributed by atoms with Crippen LogP contribution in [-0.4, -0.2) is 29.8 Å². The van der Waals surface area contributed by atoms with Crippen LogP contribution in [0, 0.1) is 5.92 Å². The molecule has 1 aliphatic carbocycles. The van der Waals surface area contributed by atoms with E-state index in [1.807, 2.05) is 6.07 Å². The molecule has 0 spiro atoms. The lowest BCUT2D eigenvalue weighted by molar-refractivity contribution is 0.0794. The number of pyridine rings is 1. The number of fused-ring (bicyclic) bond motifs is 1. The van der Waals surface area contributed by atoms with Gasteiger partial charge in [0.25, 0.3) is 0 Å². The van der Waals surface area contributed by atoms with Gasteiger partial charge < -0.3 is 10.5 Å². The maximum absolute atomic E-state index is 5.82. The minimum Gasteiger partial charge on any atom is -0.386 e. The highest BCUT2D eigenvalue weighted by atomic mass is 32.2. The van der Waals surface area contributed by atoms with Crippen LogP contribution in [0.15, 0.2) is 28.6 Å². The van der Waals surface area contributed by atoms with E-state index in [-0.39, 0.29) is 5.41 Å². The van der Waals surface area contributed by atoms with Gasteiger partial charge in [-0.2, -0.15) is 0 Å². The first-order chi connectivity index (χ1) is 9.78. The summed E-state index contributed by atoms with van der Waals surface area (Å²) >= 11 is 1.68. The van der Waals surface area contributed by atoms with Crippen LogP contribution in [-0.2, 0) is 10.2 Å². The van der Waals surface area contributed by atoms with Gasteiger partial charge in [0, 0.05) is 17.7 Å². The Hall–Kier alpha value is -1.33. The topological polar surface area (TPSA) is 60.5 Å². The zero-order valence-electron chi connectivity index (χ0n) is 11.2. The Morgan fingerprint density at radius 1 is 1.40 bits per heavy atom. The molecule has 2 unspecified atom stereocenters. The average Bonchev–Trinajstić information content (AvgIpc) is 3.23. The van der Waals surface area contributed by atoms with Crippen molar-refractivity contribution in [2.24, 2.45) is 16.6 Å². The van der Waals surface area contributed by atoms with Crippen molar-refractivity contribution in [2.75, 3.05) is 19.0 Å². The van der Waals surface area contributed by atoms with E-state index in [0.29, 0.717) is 11.8 Å². The van der Waals surface area contributed by atoms with Crippen molar-refractivity contribution >= 4 is 23.3 Å². The van der Waals surface area contributed by atoms with Gasteiger partial charge in [0.05, 0.1) is 23.8 Å². The summed E-state index contributed by atoms with van der Waals surface area (Å²) in [5, 5.41) is 2.05. The lowest BCUT2D eigenvalue weighted by atomic mass is 9.93. The Bertz CT molecular complexity index is 613. The zero-order chi connectivity index (χ0) is 13.6. The lowest BCUT2D eigenvalue weighted by Gasteiger charge is -2.22. The normalized spacial score (nSPS) is 32.1. The SMILES string of the molecule is NC1=NC(c2cccc(C34CCOCC3C4)n2)=CSC1. The summed E-state index contributed by atoms with van der Waals surface area (Å²) in [5.41, 5.74) is 9.12. The standard InChI is InChI=1S/C15H17N3OS/c16-14-9-20-8-12(18-14)11-2-1-3-13(17-11)15-4-5-19-7-10(15)6-15/h1-3,8,10H,4-7,9H2,(H2,16,18). The van der Waals surface area contributed by atoms with Crippen molar-refractivity contribution in [1.29, 1.82) is 0 Å². The molecule has 0 amide bonds. The van der Waals surface area contributed by atoms with Crippen LogP contribution in [0.4, 0.5) is 0 Å². The molecule has 1 saturated heterocycles. The molecule has 2 aliphatic heterocycles. The Morgan fingerprint density at radius 2 is 2.35 bits per heavy atom. The molecule has 3 aliphatic rings. The molecule has 1 aromatic rings. The van der Waals surface area contributed by atoms with E-state index in [1.54, 1.807) is 11.8 Å². The van der Waals surface area contributed by atoms with Gasteiger partial charge >= 0.3 is 0 Å². The number of aromatic nitrogens is 1. The van der Waals surface area contributed by atoms with Crippen molar-refractivity contribution in [3.05, 3.63) is 35.0 Å². The molecule has 5 heteroatoms. The third kappa shape index (κ3) is 1.96. The highest BCUT2D eigenvalue weighted by molar-refractivity contribution is 8.03. The molecule has 3 heterocycles. The van der Waals surface area contributed by atoms with Gasteiger partial charge in [-0.05, 0) is 36.3 Å². The number of amidine groups is 1. The van der Waals surface area contributed by atoms with Crippen LogP contribution in [0.3, 0.4) is 0 Å². The first-order valence-corrected chi connectivity index (χ1v) is 8.03. The van der Waals surface area contributed by atoms with Crippen molar-refractivity contribution < 1.29 is 4.74 Å². The van der Waals surface area contributed by atoms with E-state index in [0.717, 1.165) is 36.8 Å². The number of hydrogen-bond donors (Lipinski definition) is 1. The van der Waals surface area contributed by atoms with Gasteiger partial charge in [-0.3, -0.25) is 4.98 Å². The highest BCUT2D eigenvalue weighted by Gasteiger charge is 2.57. The van der Waals surface area contributed by atoms with Crippen molar-refractivity contribution in [3.63, 3.8) is 0 Å². The Balaban J connectivity index is 1.67. The van der Waals surface area contributed by atoms with E-state index in [9.17, 15) is 0 Å². The summed E-state index contributed by atoms with van der Waals surface area (Å²) in [5.74, 6) is 2.10. The number of nitrogens with two attached hydrogens (primary N) is 1. The Morgan fingerprint density at radius 3 is 3.20 bits per heavy atom. The van der Waals surface area contributed by atoms with E-state index in [2.05, 4.69) is 22.5 Å². The second-order valence-electron chi connectivity index (χ2n) is 5.71. The van der Waals surface area contributed by atoms with Crippen molar-refractivity contribution in [2.45, 2.75) is 18.3 Å². The van der Waals surface area contributed by atoms with Crippen LogP contribution in [0.1, 0.15) is 24.2 Å². The van der Waals surface area contributed by atoms with E-state index in [1.165, 1.54) is 12.1 Å². The minimum absolute atomic E-state index is 0.270. The summed E-state index contributed by atoms with van der Waals surface area (Å²) in [6.45, 7) is 1.74. The fraction of sp³-hybridized carbons (Fsp3) is 0.467. The van der Waals surface area contributed by atoms with Gasteiger partial charge in [-0.25, -0.2) is 4.99 Å². The predicted molar refractivity (Wildman–Crippen MR) is 81.5 cm³/mol. The Kier molecular flexibility index (Phi) is 2.86. The van der Waals surface area contributed by atoms with Crippen LogP contribution >= 0.6 is 11.8 Å². The first-order valence-electron chi connectivity index (χ1n) is 6.98. The fourth-order valence-electron chi connectivity index (χ4n) is 3.22. The number of ether oxygens (including phenoxy) is 1. The zero-order valence-corrected chi connectivity index (χ0v) is 12.0. The molecule has 4 rings (SSSR count). The predicted octanol–water partition coefficient (Wildman–Crippen LogP) is 2.16. The van der Waals surface area contributed by atoms with E-state index in [4.69, 9.17) is 15.5 Å². The maximum Gasteiger partial charge on any atom is 0.110 e. The highest BCUT2D eigenvalue weighted by Crippen LogP contribution is 2.58. The van der Waals surface area contributed by atoms with Crippen molar-refractivity contribution in [3.8, 4) is 0 Å². The van der Waals surface area contributed by atoms with Crippen LogP contribution in [0.25, 0.3) is 5.70 Å². The van der Waals surface area contributed by atoms with Gasteiger partial charge in [-0.15, -0.1) is 11.8 Å². The molecular formula is C15H17N3OS. The molecule has 0 aromatic carbocycles. The summed E-state index contributed by atoms with van der Waals surface area (Å²) in [4.78, 5) is 9.29. The molecule has 1 saturated carbocycles. The van der Waals surface area contributed by atoms with E-state index >= 15 is 0 Å². The summed E-state index contributed by atoms with van der Waals surface area (Å²) < 4.78 is 5.55. The molecular weight excluding hydrogens is 270 g/mol. The molecule has 2 atom stereocenters. The first kappa shape index (κ1) is 12.4. The van der Waals surface area contributed by atoms with Gasteiger partial charge in [-0.1, -0.05) is 6.07 Å². The largest absolute Gasteiger partial charge is 0.386 e. The summed E-state index contributed by atoms with van der Waals surface area (Å²) in [6, 6.07) is 6.26. The number of aliphatic imine (C=N–C) groups is 1. The average molecular weight is 287 g/mol. The Labute approximate surface area is 122 Å². The fourth-order valence-corrected chi connectivity index (χ4v) is 3.87. The molecule has 104 valence electrons. The molecule has 20 heavy (non-hydrogen) atoms. The lowest BCUT2D eigenvalue weighted by Crippen LogP contribution is -2.23. The van der Waals surface area contributed by atoms with Crippen LogP contribution in [0.2, 0.25) is 0 Å². The van der Waals surface area contributed by atoms with Crippen LogP contribution < -0.4 is 5.73 Å². The third-order valence-corrected chi connectivity index (χ3v) is 5.31. The number of nitrogens with zero attached hydrogens (tertiary/aromatic N) is 2. The second-order valence-corrected chi connectivity index (χ2v) is 6.57. The second kappa shape index (κ2) is 4.60. The van der Waals surface area contributed by atoms with Gasteiger partial charge in [0.15, 0.2) is 0 Å². The third-order valence-electron chi connectivity index (χ3n) is 4.46. The molecule has 2 fully saturated rings. The number of rotatable bonds is 2. The maximum atomic E-state index is 5.82. The number of hydrogen-bond acceptors (Lipinski definition) is 5. The molecule has 1 aromatic heterocycles. The van der Waals surface area contributed by atoms with Crippen LogP contribution in [0.5, 0.6) is 0 Å². The summed E-state index contributed by atoms with van der Waals surface area (Å²) in [7, 11) is 0. The quantitative estimate of drug-likeness (QED) is 0.905. The molecule has 4 nitrogen and oxygen atoms in total. The van der Waals surface area contributed by atoms with Gasteiger partial charge in [0.2, 0.25) is 0 Å². The molecule has 0 radical (unpaired) electrons. The number of thioether (sulfide) groups is 1. The van der Waals surface area contributed by atoms with Gasteiger partial charge in [0.1, 0.15) is 5.84 Å². The monoisotopic (exact) mass is 287 g/mol. The minimum atomic E-state index is 0.270. The smallest absolute Gasteiger partial charge is 0.110 e.